The standard InChI is InChI=1S/C24H41N5.HI/c1-19(2)23(28-15-13-27(5)14-16-28)17-26-24(25-4)29-12-11-22(20(3)18-29)21-9-7-6-8-10-21;/h6-10,19-20,22-23H,11-18H2,1-5H3,(H,25,26);1H. The average Bonchev–Trinajstić information content (AvgIpc) is 2.72. The number of hydrogen-bond acceptors (Lipinski definition) is 3. The Kier molecular flexibility index (Phi) is 10.4. The van der Waals surface area contributed by atoms with E-state index in [1.54, 1.807) is 0 Å². The summed E-state index contributed by atoms with van der Waals surface area (Å²) in [6.07, 6.45) is 1.19. The van der Waals surface area contributed by atoms with E-state index in [4.69, 9.17) is 0 Å². The Hall–Kier alpha value is -0.860. The highest BCUT2D eigenvalue weighted by Gasteiger charge is 2.30. The molecule has 30 heavy (non-hydrogen) atoms. The van der Waals surface area contributed by atoms with Gasteiger partial charge in [-0.15, -0.1) is 24.0 Å². The zero-order chi connectivity index (χ0) is 20.8. The van der Waals surface area contributed by atoms with E-state index in [2.05, 4.69) is 83.2 Å². The lowest BCUT2D eigenvalue weighted by molar-refractivity contribution is 0.0893. The Morgan fingerprint density at radius 2 is 1.77 bits per heavy atom. The van der Waals surface area contributed by atoms with Gasteiger partial charge in [0.1, 0.15) is 0 Å². The van der Waals surface area contributed by atoms with Crippen molar-refractivity contribution in [2.24, 2.45) is 16.8 Å². The number of likely N-dealkylation sites (tertiary alicyclic amines) is 1. The van der Waals surface area contributed by atoms with Crippen LogP contribution in [0.15, 0.2) is 35.3 Å². The Balaban J connectivity index is 0.00000320. The van der Waals surface area contributed by atoms with E-state index in [1.807, 2.05) is 7.05 Å². The molecular weight excluding hydrogens is 485 g/mol. The molecule has 3 atom stereocenters. The number of piperidine rings is 1. The van der Waals surface area contributed by atoms with Crippen LogP contribution < -0.4 is 5.32 Å². The van der Waals surface area contributed by atoms with Gasteiger partial charge in [-0.05, 0) is 36.8 Å². The number of benzene rings is 1. The third-order valence-corrected chi connectivity index (χ3v) is 6.89. The van der Waals surface area contributed by atoms with Crippen molar-refractivity contribution in [1.82, 2.24) is 20.0 Å². The lowest BCUT2D eigenvalue weighted by atomic mass is 9.82. The number of aliphatic imine (C=N–C) groups is 1. The van der Waals surface area contributed by atoms with Crippen LogP contribution in [0.4, 0.5) is 0 Å². The van der Waals surface area contributed by atoms with Crippen molar-refractivity contribution in [3.05, 3.63) is 35.9 Å². The van der Waals surface area contributed by atoms with Gasteiger partial charge in [0, 0.05) is 58.9 Å². The lowest BCUT2D eigenvalue weighted by Gasteiger charge is -2.42. The molecule has 1 N–H and O–H groups in total. The molecule has 0 bridgehead atoms. The topological polar surface area (TPSA) is 34.1 Å². The van der Waals surface area contributed by atoms with E-state index in [9.17, 15) is 0 Å². The van der Waals surface area contributed by atoms with E-state index in [1.165, 1.54) is 38.2 Å². The molecule has 3 unspecified atom stereocenters. The van der Waals surface area contributed by atoms with Gasteiger partial charge in [0.2, 0.25) is 0 Å². The van der Waals surface area contributed by atoms with Crippen molar-refractivity contribution in [1.29, 1.82) is 0 Å². The predicted molar refractivity (Wildman–Crippen MR) is 139 cm³/mol. The molecule has 170 valence electrons. The molecule has 0 aliphatic carbocycles. The predicted octanol–water partition coefficient (Wildman–Crippen LogP) is 3.58. The fraction of sp³-hybridized carbons (Fsp3) is 0.708. The fourth-order valence-corrected chi connectivity index (χ4v) is 5.00. The minimum atomic E-state index is 0. The number of nitrogens with one attached hydrogen (secondary N) is 1. The smallest absolute Gasteiger partial charge is 0.193 e. The molecule has 5 nitrogen and oxygen atoms in total. The number of hydrogen-bond donors (Lipinski definition) is 1. The van der Waals surface area contributed by atoms with Crippen molar-refractivity contribution in [3.63, 3.8) is 0 Å². The van der Waals surface area contributed by atoms with E-state index in [0.717, 1.165) is 25.6 Å². The number of piperazine rings is 1. The summed E-state index contributed by atoms with van der Waals surface area (Å²) in [6, 6.07) is 11.6. The Morgan fingerprint density at radius 1 is 1.10 bits per heavy atom. The van der Waals surface area contributed by atoms with E-state index < -0.39 is 0 Å². The number of rotatable bonds is 5. The first-order valence-corrected chi connectivity index (χ1v) is 11.4. The highest BCUT2D eigenvalue weighted by molar-refractivity contribution is 14.0. The molecule has 0 spiro atoms. The highest BCUT2D eigenvalue weighted by atomic mass is 127. The molecule has 6 heteroatoms. The monoisotopic (exact) mass is 527 g/mol. The summed E-state index contributed by atoms with van der Waals surface area (Å²) in [4.78, 5) is 12.2. The van der Waals surface area contributed by atoms with Crippen molar-refractivity contribution in [2.45, 2.75) is 39.2 Å². The number of halogens is 1. The molecule has 0 radical (unpaired) electrons. The molecule has 0 saturated carbocycles. The van der Waals surface area contributed by atoms with Gasteiger partial charge in [-0.3, -0.25) is 9.89 Å². The second-order valence-corrected chi connectivity index (χ2v) is 9.31. The van der Waals surface area contributed by atoms with Gasteiger partial charge in [-0.25, -0.2) is 0 Å². The number of nitrogens with zero attached hydrogens (tertiary/aromatic N) is 4. The Bertz CT molecular complexity index is 642. The first-order chi connectivity index (χ1) is 14.0. The van der Waals surface area contributed by atoms with Crippen LogP contribution in [0.2, 0.25) is 0 Å². The first kappa shape index (κ1) is 25.4. The van der Waals surface area contributed by atoms with Gasteiger partial charge in [0.15, 0.2) is 5.96 Å². The molecule has 0 amide bonds. The normalized spacial score (nSPS) is 25.1. The average molecular weight is 528 g/mol. The zero-order valence-corrected chi connectivity index (χ0v) is 21.9. The van der Waals surface area contributed by atoms with Crippen molar-refractivity contribution in [3.8, 4) is 0 Å². The van der Waals surface area contributed by atoms with Gasteiger partial charge in [0.05, 0.1) is 0 Å². The molecule has 2 fully saturated rings. The summed E-state index contributed by atoms with van der Waals surface area (Å²) in [5.41, 5.74) is 1.48. The Labute approximate surface area is 201 Å². The van der Waals surface area contributed by atoms with E-state index in [-0.39, 0.29) is 24.0 Å². The molecule has 2 aliphatic heterocycles. The maximum Gasteiger partial charge on any atom is 0.193 e. The van der Waals surface area contributed by atoms with Crippen molar-refractivity contribution >= 4 is 29.9 Å². The molecule has 2 aliphatic rings. The molecule has 1 aromatic carbocycles. The summed E-state index contributed by atoms with van der Waals surface area (Å²) < 4.78 is 0. The minimum Gasteiger partial charge on any atom is -0.355 e. The lowest BCUT2D eigenvalue weighted by Crippen LogP contribution is -2.56. The molecule has 3 rings (SSSR count). The molecule has 0 aromatic heterocycles. The maximum atomic E-state index is 4.64. The van der Waals surface area contributed by atoms with Gasteiger partial charge in [-0.1, -0.05) is 51.1 Å². The van der Waals surface area contributed by atoms with Crippen LogP contribution in [-0.4, -0.2) is 86.6 Å². The van der Waals surface area contributed by atoms with Crippen LogP contribution in [0.1, 0.15) is 38.7 Å². The molecular formula is C24H42IN5. The van der Waals surface area contributed by atoms with Crippen LogP contribution >= 0.6 is 24.0 Å². The van der Waals surface area contributed by atoms with Crippen LogP contribution in [0.5, 0.6) is 0 Å². The van der Waals surface area contributed by atoms with Crippen LogP contribution in [-0.2, 0) is 0 Å². The first-order valence-electron chi connectivity index (χ1n) is 11.4. The number of guanidine groups is 1. The summed E-state index contributed by atoms with van der Waals surface area (Å²) in [5, 5.41) is 3.72. The quantitative estimate of drug-likeness (QED) is 0.361. The van der Waals surface area contributed by atoms with Crippen LogP contribution in [0.25, 0.3) is 0 Å². The summed E-state index contributed by atoms with van der Waals surface area (Å²) in [5.74, 6) is 2.98. The second kappa shape index (κ2) is 12.2. The van der Waals surface area contributed by atoms with Crippen LogP contribution in [0.3, 0.4) is 0 Å². The maximum absolute atomic E-state index is 4.64. The fourth-order valence-electron chi connectivity index (χ4n) is 5.00. The zero-order valence-electron chi connectivity index (χ0n) is 19.6. The Morgan fingerprint density at radius 3 is 2.33 bits per heavy atom. The third kappa shape index (κ3) is 6.57. The van der Waals surface area contributed by atoms with Gasteiger partial charge in [0.25, 0.3) is 0 Å². The van der Waals surface area contributed by atoms with E-state index in [0.29, 0.717) is 23.8 Å². The second-order valence-electron chi connectivity index (χ2n) is 9.31. The summed E-state index contributed by atoms with van der Waals surface area (Å²) in [7, 11) is 4.15. The SMILES string of the molecule is CN=C(NCC(C(C)C)N1CCN(C)CC1)N1CCC(c2ccccc2)C(C)C1.I. The summed E-state index contributed by atoms with van der Waals surface area (Å²) >= 11 is 0. The minimum absolute atomic E-state index is 0. The molecule has 1 aromatic rings. The molecule has 2 saturated heterocycles. The largest absolute Gasteiger partial charge is 0.355 e. The van der Waals surface area contributed by atoms with Crippen molar-refractivity contribution in [2.75, 3.05) is 59.9 Å². The van der Waals surface area contributed by atoms with Gasteiger partial charge in [-0.2, -0.15) is 0 Å². The van der Waals surface area contributed by atoms with Crippen molar-refractivity contribution < 1.29 is 0 Å². The molecule has 2 heterocycles. The summed E-state index contributed by atoms with van der Waals surface area (Å²) in [6.45, 7) is 14.9. The van der Waals surface area contributed by atoms with Crippen LogP contribution in [0, 0.1) is 11.8 Å². The van der Waals surface area contributed by atoms with Gasteiger partial charge >= 0.3 is 0 Å². The third-order valence-electron chi connectivity index (χ3n) is 6.89. The van der Waals surface area contributed by atoms with E-state index >= 15 is 0 Å². The number of likely N-dealkylation sites (N-methyl/N-ethyl adjacent to an activating group) is 1. The van der Waals surface area contributed by atoms with Gasteiger partial charge < -0.3 is 15.1 Å². The highest BCUT2D eigenvalue weighted by Crippen LogP contribution is 2.32.